The molecule has 0 saturated heterocycles. The maximum Gasteiger partial charge on any atom is 0.419 e. The lowest BCUT2D eigenvalue weighted by Gasteiger charge is -2.10. The van der Waals surface area contributed by atoms with E-state index < -0.39 is 28.9 Å². The van der Waals surface area contributed by atoms with E-state index >= 15 is 0 Å². The average Bonchev–Trinajstić information content (AvgIpc) is 3.00. The summed E-state index contributed by atoms with van der Waals surface area (Å²) in [5.41, 5.74) is 3.07. The third-order valence-corrected chi connectivity index (χ3v) is 4.90. The van der Waals surface area contributed by atoms with Gasteiger partial charge in [0.05, 0.1) is 5.52 Å². The molecule has 0 aliphatic heterocycles. The largest absolute Gasteiger partial charge is 0.419 e. The number of amides is 1. The number of carbonyl (C=O) groups excluding carboxylic acids is 1. The number of halogens is 2. The fourth-order valence-corrected chi connectivity index (χ4v) is 3.30. The maximum atomic E-state index is 13.8. The predicted molar refractivity (Wildman–Crippen MR) is 108 cm³/mol. The van der Waals surface area contributed by atoms with Crippen molar-refractivity contribution in [2.24, 2.45) is 7.05 Å². The van der Waals surface area contributed by atoms with E-state index in [1.165, 1.54) is 22.9 Å². The molecule has 0 spiro atoms. The molecule has 1 N–H and O–H groups in total. The van der Waals surface area contributed by atoms with Gasteiger partial charge in [0, 0.05) is 18.8 Å². The van der Waals surface area contributed by atoms with Gasteiger partial charge in [-0.1, -0.05) is 13.0 Å². The lowest BCUT2D eigenvalue weighted by atomic mass is 9.98. The molecular formula is C22H17F2N3O3. The van der Waals surface area contributed by atoms with Crippen LogP contribution in [0.2, 0.25) is 0 Å². The minimum atomic E-state index is -0.950. The normalized spacial score (nSPS) is 11.1. The Balaban J connectivity index is 1.65. The zero-order valence-corrected chi connectivity index (χ0v) is 16.2. The van der Waals surface area contributed by atoms with Crippen LogP contribution < -0.4 is 11.1 Å². The minimum absolute atomic E-state index is 0.150. The number of anilines is 1. The minimum Gasteiger partial charge on any atom is -0.408 e. The van der Waals surface area contributed by atoms with E-state index in [9.17, 15) is 18.4 Å². The van der Waals surface area contributed by atoms with E-state index in [1.807, 2.05) is 13.0 Å². The van der Waals surface area contributed by atoms with Crippen molar-refractivity contribution in [1.82, 2.24) is 9.55 Å². The highest BCUT2D eigenvalue weighted by atomic mass is 19.1. The first-order chi connectivity index (χ1) is 14.4. The molecule has 0 radical (unpaired) electrons. The van der Waals surface area contributed by atoms with E-state index in [0.717, 1.165) is 35.2 Å². The van der Waals surface area contributed by atoms with Crippen LogP contribution in [0.25, 0.3) is 22.2 Å². The number of oxazole rings is 1. The summed E-state index contributed by atoms with van der Waals surface area (Å²) in [4.78, 5) is 28.2. The summed E-state index contributed by atoms with van der Waals surface area (Å²) < 4.78 is 34.3. The zero-order chi connectivity index (χ0) is 21.4. The Hall–Kier alpha value is -3.81. The fraction of sp³-hybridized carbons (Fsp3) is 0.136. The Morgan fingerprint density at radius 1 is 1.17 bits per heavy atom. The molecule has 152 valence electrons. The average molecular weight is 409 g/mol. The smallest absolute Gasteiger partial charge is 0.408 e. The first-order valence-corrected chi connectivity index (χ1v) is 9.23. The van der Waals surface area contributed by atoms with Crippen molar-refractivity contribution in [3.63, 3.8) is 0 Å². The van der Waals surface area contributed by atoms with Gasteiger partial charge in [0.25, 0.3) is 5.91 Å². The van der Waals surface area contributed by atoms with Gasteiger partial charge in [0.2, 0.25) is 0 Å². The molecule has 2 aromatic heterocycles. The van der Waals surface area contributed by atoms with Crippen molar-refractivity contribution in [3.05, 3.63) is 82.0 Å². The van der Waals surface area contributed by atoms with Gasteiger partial charge in [0.1, 0.15) is 23.0 Å². The van der Waals surface area contributed by atoms with Crippen molar-refractivity contribution >= 4 is 22.8 Å². The van der Waals surface area contributed by atoms with Gasteiger partial charge in [-0.25, -0.2) is 18.6 Å². The van der Waals surface area contributed by atoms with Crippen molar-refractivity contribution < 1.29 is 18.0 Å². The number of aryl methyl sites for hydroxylation is 2. The third-order valence-electron chi connectivity index (χ3n) is 4.90. The van der Waals surface area contributed by atoms with Crippen LogP contribution >= 0.6 is 0 Å². The Morgan fingerprint density at radius 3 is 2.53 bits per heavy atom. The summed E-state index contributed by atoms with van der Waals surface area (Å²) in [5.74, 6) is -3.12. The molecule has 0 bridgehead atoms. The fourth-order valence-electron chi connectivity index (χ4n) is 3.30. The van der Waals surface area contributed by atoms with Gasteiger partial charge in [-0.3, -0.25) is 9.36 Å². The lowest BCUT2D eigenvalue weighted by molar-refractivity contribution is 0.101. The van der Waals surface area contributed by atoms with E-state index in [4.69, 9.17) is 4.42 Å². The number of nitrogens with zero attached hydrogens (tertiary/aromatic N) is 2. The number of benzene rings is 2. The molecule has 2 heterocycles. The van der Waals surface area contributed by atoms with Crippen LogP contribution in [0.4, 0.5) is 14.6 Å². The van der Waals surface area contributed by atoms with Crippen LogP contribution in [0.5, 0.6) is 0 Å². The molecule has 6 nitrogen and oxygen atoms in total. The summed E-state index contributed by atoms with van der Waals surface area (Å²) in [6.45, 7) is 1.99. The third kappa shape index (κ3) is 3.36. The molecular weight excluding hydrogens is 392 g/mol. The maximum absolute atomic E-state index is 13.8. The zero-order valence-electron chi connectivity index (χ0n) is 16.2. The summed E-state index contributed by atoms with van der Waals surface area (Å²) in [6, 6.07) is 10.1. The standard InChI is InChI=1S/C22H17F2N3O3/c1-3-12-9-17-18(30-22(29)27(17)2)10-14(12)13-7-8-19(25-11-13)26-21(28)20-15(23)5-4-6-16(20)24/h4-11H,3H2,1-2H3,(H,25,26,28). The number of hydrogen-bond donors (Lipinski definition) is 1. The van der Waals surface area contributed by atoms with Gasteiger partial charge in [0.15, 0.2) is 5.58 Å². The number of carbonyl (C=O) groups is 1. The highest BCUT2D eigenvalue weighted by Crippen LogP contribution is 2.29. The van der Waals surface area contributed by atoms with E-state index in [0.29, 0.717) is 11.1 Å². The quantitative estimate of drug-likeness (QED) is 0.546. The second-order valence-corrected chi connectivity index (χ2v) is 6.74. The first-order valence-electron chi connectivity index (χ1n) is 9.23. The number of hydrogen-bond acceptors (Lipinski definition) is 4. The summed E-state index contributed by atoms with van der Waals surface area (Å²) >= 11 is 0. The number of nitrogens with one attached hydrogen (secondary N) is 1. The molecule has 0 aliphatic carbocycles. The molecule has 0 aliphatic rings. The number of aromatic nitrogens is 2. The highest BCUT2D eigenvalue weighted by Gasteiger charge is 2.18. The highest BCUT2D eigenvalue weighted by molar-refractivity contribution is 6.04. The number of fused-ring (bicyclic) bond motifs is 1. The van der Waals surface area contributed by atoms with Crippen molar-refractivity contribution in [1.29, 1.82) is 0 Å². The molecule has 0 saturated carbocycles. The van der Waals surface area contributed by atoms with Crippen LogP contribution in [0.3, 0.4) is 0 Å². The number of pyridine rings is 1. The second-order valence-electron chi connectivity index (χ2n) is 6.74. The monoisotopic (exact) mass is 409 g/mol. The predicted octanol–water partition coefficient (Wildman–Crippen LogP) is 4.29. The number of rotatable bonds is 4. The first kappa shape index (κ1) is 19.5. The van der Waals surface area contributed by atoms with Gasteiger partial charge in [-0.2, -0.15) is 0 Å². The SMILES string of the molecule is CCc1cc2c(cc1-c1ccc(NC(=O)c3c(F)cccc3F)nc1)oc(=O)n2C. The van der Waals surface area contributed by atoms with Crippen LogP contribution in [0.1, 0.15) is 22.8 Å². The summed E-state index contributed by atoms with van der Waals surface area (Å²) in [5, 5.41) is 2.39. The van der Waals surface area contributed by atoms with Gasteiger partial charge < -0.3 is 9.73 Å². The van der Waals surface area contributed by atoms with E-state index in [-0.39, 0.29) is 5.82 Å². The van der Waals surface area contributed by atoms with Crippen LogP contribution in [0.15, 0.2) is 57.9 Å². The molecule has 1 amide bonds. The second kappa shape index (κ2) is 7.55. The molecule has 0 unspecified atom stereocenters. The van der Waals surface area contributed by atoms with Gasteiger partial charge in [-0.05, 0) is 53.9 Å². The topological polar surface area (TPSA) is 77.1 Å². The molecule has 2 aromatic carbocycles. The molecule has 0 atom stereocenters. The Bertz CT molecular complexity index is 1300. The Morgan fingerprint density at radius 2 is 1.90 bits per heavy atom. The van der Waals surface area contributed by atoms with Gasteiger partial charge >= 0.3 is 5.76 Å². The Kier molecular flexibility index (Phi) is 4.91. The summed E-state index contributed by atoms with van der Waals surface area (Å²) in [7, 11) is 1.64. The molecule has 4 rings (SSSR count). The van der Waals surface area contributed by atoms with Crippen molar-refractivity contribution in [2.75, 3.05) is 5.32 Å². The van der Waals surface area contributed by atoms with Crippen molar-refractivity contribution in [2.45, 2.75) is 13.3 Å². The summed E-state index contributed by atoms with van der Waals surface area (Å²) in [6.07, 6.45) is 2.25. The van der Waals surface area contributed by atoms with Crippen LogP contribution in [-0.2, 0) is 13.5 Å². The molecule has 30 heavy (non-hydrogen) atoms. The van der Waals surface area contributed by atoms with Gasteiger partial charge in [-0.15, -0.1) is 0 Å². The molecule has 0 fully saturated rings. The van der Waals surface area contributed by atoms with E-state index in [2.05, 4.69) is 10.3 Å². The lowest BCUT2D eigenvalue weighted by Crippen LogP contribution is -2.16. The van der Waals surface area contributed by atoms with Crippen LogP contribution in [0, 0.1) is 11.6 Å². The Labute approximate surface area is 169 Å². The van der Waals surface area contributed by atoms with Crippen LogP contribution in [-0.4, -0.2) is 15.5 Å². The molecule has 4 aromatic rings. The van der Waals surface area contributed by atoms with Crippen molar-refractivity contribution in [3.8, 4) is 11.1 Å². The van der Waals surface area contributed by atoms with E-state index in [1.54, 1.807) is 19.2 Å². The molecule has 8 heteroatoms.